The molecule has 0 spiro atoms. The van der Waals surface area contributed by atoms with Crippen LogP contribution in [0.2, 0.25) is 0 Å². The standard InChI is InChI=1S/C17H24N2O/c20-17(19-9-3-1-2-4-10-19)12-14-5-6-16-13-18-8-7-15(16)11-14/h5-6,11,18H,1-4,7-10,12-13H2. The van der Waals surface area contributed by atoms with Crippen LogP contribution in [0.4, 0.5) is 0 Å². The van der Waals surface area contributed by atoms with Crippen LogP contribution in [0, 0.1) is 0 Å². The van der Waals surface area contributed by atoms with Gasteiger partial charge in [-0.25, -0.2) is 0 Å². The molecule has 1 aromatic rings. The fourth-order valence-corrected chi connectivity index (χ4v) is 3.25. The van der Waals surface area contributed by atoms with E-state index in [0.29, 0.717) is 12.3 Å². The molecule has 3 nitrogen and oxygen atoms in total. The van der Waals surface area contributed by atoms with Crippen LogP contribution in [0.5, 0.6) is 0 Å². The van der Waals surface area contributed by atoms with Crippen LogP contribution >= 0.6 is 0 Å². The minimum atomic E-state index is 0.306. The summed E-state index contributed by atoms with van der Waals surface area (Å²) >= 11 is 0. The topological polar surface area (TPSA) is 32.3 Å². The summed E-state index contributed by atoms with van der Waals surface area (Å²) in [5.74, 6) is 0.306. The summed E-state index contributed by atoms with van der Waals surface area (Å²) in [4.78, 5) is 14.5. The third-order valence-corrected chi connectivity index (χ3v) is 4.47. The van der Waals surface area contributed by atoms with E-state index in [2.05, 4.69) is 28.4 Å². The number of carbonyl (C=O) groups is 1. The SMILES string of the molecule is O=C(Cc1ccc2c(c1)CCNC2)N1CCCCCC1. The molecule has 1 amide bonds. The number of nitrogens with zero attached hydrogens (tertiary/aromatic N) is 1. The van der Waals surface area contributed by atoms with Gasteiger partial charge in [-0.3, -0.25) is 4.79 Å². The Labute approximate surface area is 121 Å². The van der Waals surface area contributed by atoms with E-state index in [1.54, 1.807) is 0 Å². The summed E-state index contributed by atoms with van der Waals surface area (Å²) in [5, 5.41) is 3.38. The monoisotopic (exact) mass is 272 g/mol. The van der Waals surface area contributed by atoms with Crippen molar-refractivity contribution in [3.63, 3.8) is 0 Å². The molecule has 2 aliphatic rings. The molecule has 2 heterocycles. The van der Waals surface area contributed by atoms with E-state index in [-0.39, 0.29) is 0 Å². The number of hydrogen-bond donors (Lipinski definition) is 1. The van der Waals surface area contributed by atoms with Gasteiger partial charge >= 0.3 is 0 Å². The van der Waals surface area contributed by atoms with Crippen molar-refractivity contribution < 1.29 is 4.79 Å². The predicted octanol–water partition coefficient (Wildman–Crippen LogP) is 2.28. The number of nitrogens with one attached hydrogen (secondary N) is 1. The smallest absolute Gasteiger partial charge is 0.226 e. The summed E-state index contributed by atoms with van der Waals surface area (Å²) < 4.78 is 0. The Morgan fingerprint density at radius 2 is 1.90 bits per heavy atom. The van der Waals surface area contributed by atoms with E-state index >= 15 is 0 Å². The van der Waals surface area contributed by atoms with E-state index in [1.807, 2.05) is 0 Å². The first-order chi connectivity index (χ1) is 9.83. The van der Waals surface area contributed by atoms with E-state index in [1.165, 1.54) is 42.4 Å². The molecule has 1 N–H and O–H groups in total. The fourth-order valence-electron chi connectivity index (χ4n) is 3.25. The van der Waals surface area contributed by atoms with Crippen molar-refractivity contribution in [1.29, 1.82) is 0 Å². The molecular weight excluding hydrogens is 248 g/mol. The molecule has 1 fully saturated rings. The summed E-state index contributed by atoms with van der Waals surface area (Å²) in [7, 11) is 0. The lowest BCUT2D eigenvalue weighted by molar-refractivity contribution is -0.130. The van der Waals surface area contributed by atoms with Crippen LogP contribution in [0.15, 0.2) is 18.2 Å². The maximum Gasteiger partial charge on any atom is 0.226 e. The van der Waals surface area contributed by atoms with Crippen molar-refractivity contribution in [2.75, 3.05) is 19.6 Å². The number of rotatable bonds is 2. The first kappa shape index (κ1) is 13.6. The van der Waals surface area contributed by atoms with Crippen LogP contribution in [0.1, 0.15) is 42.4 Å². The molecule has 1 aromatic carbocycles. The van der Waals surface area contributed by atoms with Crippen molar-refractivity contribution in [3.8, 4) is 0 Å². The second-order valence-corrected chi connectivity index (χ2v) is 6.00. The van der Waals surface area contributed by atoms with Crippen LogP contribution in [-0.4, -0.2) is 30.4 Å². The Morgan fingerprint density at radius 3 is 2.70 bits per heavy atom. The number of hydrogen-bond acceptors (Lipinski definition) is 2. The Kier molecular flexibility index (Phi) is 4.36. The van der Waals surface area contributed by atoms with Gasteiger partial charge in [0.2, 0.25) is 5.91 Å². The normalized spacial score (nSPS) is 19.3. The Hall–Kier alpha value is -1.35. The van der Waals surface area contributed by atoms with Crippen molar-refractivity contribution in [3.05, 3.63) is 34.9 Å². The van der Waals surface area contributed by atoms with Crippen molar-refractivity contribution in [2.45, 2.75) is 45.1 Å². The number of carbonyl (C=O) groups excluding carboxylic acids is 1. The molecule has 0 unspecified atom stereocenters. The van der Waals surface area contributed by atoms with Gasteiger partial charge in [-0.2, -0.15) is 0 Å². The lowest BCUT2D eigenvalue weighted by Gasteiger charge is -2.21. The third-order valence-electron chi connectivity index (χ3n) is 4.47. The Bertz CT molecular complexity index is 476. The second-order valence-electron chi connectivity index (χ2n) is 6.00. The van der Waals surface area contributed by atoms with Gasteiger partial charge in [-0.05, 0) is 42.5 Å². The molecule has 0 bridgehead atoms. The van der Waals surface area contributed by atoms with Gasteiger partial charge in [0.15, 0.2) is 0 Å². The molecule has 0 radical (unpaired) electrons. The first-order valence-electron chi connectivity index (χ1n) is 7.92. The van der Waals surface area contributed by atoms with E-state index in [0.717, 1.165) is 32.6 Å². The zero-order valence-electron chi connectivity index (χ0n) is 12.2. The average molecular weight is 272 g/mol. The molecule has 3 rings (SSSR count). The van der Waals surface area contributed by atoms with Crippen molar-refractivity contribution in [1.82, 2.24) is 10.2 Å². The average Bonchev–Trinajstić information content (AvgIpc) is 2.76. The van der Waals surface area contributed by atoms with Gasteiger partial charge in [-0.15, -0.1) is 0 Å². The molecule has 0 aromatic heterocycles. The minimum Gasteiger partial charge on any atom is -0.342 e. The number of amides is 1. The fraction of sp³-hybridized carbons (Fsp3) is 0.588. The maximum absolute atomic E-state index is 12.4. The van der Waals surface area contributed by atoms with Crippen LogP contribution in [0.3, 0.4) is 0 Å². The van der Waals surface area contributed by atoms with E-state index in [9.17, 15) is 4.79 Å². The highest BCUT2D eigenvalue weighted by Gasteiger charge is 2.16. The largest absolute Gasteiger partial charge is 0.342 e. The number of fused-ring (bicyclic) bond motifs is 1. The zero-order chi connectivity index (χ0) is 13.8. The molecule has 0 saturated carbocycles. The molecule has 3 heteroatoms. The number of likely N-dealkylation sites (tertiary alicyclic amines) is 1. The van der Waals surface area contributed by atoms with Crippen molar-refractivity contribution in [2.24, 2.45) is 0 Å². The number of benzene rings is 1. The predicted molar refractivity (Wildman–Crippen MR) is 80.6 cm³/mol. The molecule has 0 atom stereocenters. The summed E-state index contributed by atoms with van der Waals surface area (Å²) in [5.41, 5.74) is 3.99. The van der Waals surface area contributed by atoms with Gasteiger partial charge < -0.3 is 10.2 Å². The van der Waals surface area contributed by atoms with Crippen LogP contribution < -0.4 is 5.32 Å². The second kappa shape index (κ2) is 6.40. The van der Waals surface area contributed by atoms with Crippen LogP contribution in [-0.2, 0) is 24.2 Å². The molecule has 20 heavy (non-hydrogen) atoms. The summed E-state index contributed by atoms with van der Waals surface area (Å²) in [6, 6.07) is 6.56. The van der Waals surface area contributed by atoms with Gasteiger partial charge in [0.05, 0.1) is 6.42 Å². The van der Waals surface area contributed by atoms with E-state index in [4.69, 9.17) is 0 Å². The third kappa shape index (κ3) is 3.21. The summed E-state index contributed by atoms with van der Waals surface area (Å²) in [6.07, 6.45) is 6.54. The van der Waals surface area contributed by atoms with Gasteiger partial charge in [0.25, 0.3) is 0 Å². The highest BCUT2D eigenvalue weighted by molar-refractivity contribution is 5.78. The molecule has 1 saturated heterocycles. The summed E-state index contributed by atoms with van der Waals surface area (Å²) in [6.45, 7) is 3.92. The Morgan fingerprint density at radius 1 is 1.10 bits per heavy atom. The molecule has 108 valence electrons. The minimum absolute atomic E-state index is 0.306. The van der Waals surface area contributed by atoms with Gasteiger partial charge in [-0.1, -0.05) is 31.0 Å². The highest BCUT2D eigenvalue weighted by atomic mass is 16.2. The maximum atomic E-state index is 12.4. The van der Waals surface area contributed by atoms with E-state index < -0.39 is 0 Å². The first-order valence-corrected chi connectivity index (χ1v) is 7.92. The van der Waals surface area contributed by atoms with Gasteiger partial charge in [0.1, 0.15) is 0 Å². The Balaban J connectivity index is 1.66. The van der Waals surface area contributed by atoms with Crippen molar-refractivity contribution >= 4 is 5.91 Å². The zero-order valence-corrected chi connectivity index (χ0v) is 12.2. The highest BCUT2D eigenvalue weighted by Crippen LogP contribution is 2.17. The van der Waals surface area contributed by atoms with Gasteiger partial charge in [0, 0.05) is 19.6 Å². The molecule has 0 aliphatic carbocycles. The van der Waals surface area contributed by atoms with Crippen LogP contribution in [0.25, 0.3) is 0 Å². The molecule has 2 aliphatic heterocycles. The lowest BCUT2D eigenvalue weighted by atomic mass is 9.97. The molecular formula is C17H24N2O. The quantitative estimate of drug-likeness (QED) is 0.896. The lowest BCUT2D eigenvalue weighted by Crippen LogP contribution is -2.33.